The van der Waals surface area contributed by atoms with Crippen LogP contribution in [0.25, 0.3) is 0 Å². The van der Waals surface area contributed by atoms with Gasteiger partial charge in [0.25, 0.3) is 0 Å². The van der Waals surface area contributed by atoms with Gasteiger partial charge in [-0.3, -0.25) is 0 Å². The quantitative estimate of drug-likeness (QED) is 0.573. The minimum absolute atomic E-state index is 0.0255. The van der Waals surface area contributed by atoms with Gasteiger partial charge in [0.15, 0.2) is 0 Å². The van der Waals surface area contributed by atoms with Crippen LogP contribution in [0.2, 0.25) is 0 Å². The van der Waals surface area contributed by atoms with E-state index in [4.69, 9.17) is 5.73 Å². The average molecular weight is 199 g/mol. The van der Waals surface area contributed by atoms with Crippen LogP contribution in [-0.4, -0.2) is 17.5 Å². The van der Waals surface area contributed by atoms with E-state index in [1.54, 1.807) is 0 Å². The molecule has 3 unspecified atom stereocenters. The molecular weight excluding hydrogens is 187 g/mol. The van der Waals surface area contributed by atoms with E-state index in [1.807, 2.05) is 0 Å². The zero-order valence-electron chi connectivity index (χ0n) is 6.51. The van der Waals surface area contributed by atoms with Crippen LogP contribution in [0.3, 0.4) is 0 Å². The highest BCUT2D eigenvalue weighted by atomic mass is 32.1. The van der Waals surface area contributed by atoms with Gasteiger partial charge >= 0.3 is 6.18 Å². The monoisotopic (exact) mass is 199 g/mol. The second kappa shape index (κ2) is 3.46. The zero-order chi connectivity index (χ0) is 9.35. The first kappa shape index (κ1) is 10.2. The maximum Gasteiger partial charge on any atom is 0.391 e. The van der Waals surface area contributed by atoms with Gasteiger partial charge in [-0.05, 0) is 19.3 Å². The summed E-state index contributed by atoms with van der Waals surface area (Å²) in [7, 11) is 0. The lowest BCUT2D eigenvalue weighted by Crippen LogP contribution is -2.41. The molecule has 0 amide bonds. The van der Waals surface area contributed by atoms with Crippen molar-refractivity contribution in [1.82, 2.24) is 0 Å². The minimum Gasteiger partial charge on any atom is -0.327 e. The molecule has 0 aliphatic heterocycles. The van der Waals surface area contributed by atoms with E-state index in [-0.39, 0.29) is 18.1 Å². The molecule has 72 valence electrons. The van der Waals surface area contributed by atoms with Crippen LogP contribution in [0.4, 0.5) is 13.2 Å². The zero-order valence-corrected chi connectivity index (χ0v) is 7.41. The van der Waals surface area contributed by atoms with Gasteiger partial charge in [0.1, 0.15) is 0 Å². The summed E-state index contributed by atoms with van der Waals surface area (Å²) in [5.74, 6) is -1.21. The number of halogens is 3. The highest BCUT2D eigenvalue weighted by Crippen LogP contribution is 2.38. The number of alkyl halides is 3. The first-order valence-electron chi connectivity index (χ1n) is 3.91. The number of nitrogens with two attached hydrogens (primary N) is 1. The summed E-state index contributed by atoms with van der Waals surface area (Å²) in [5, 5.41) is -0.0661. The van der Waals surface area contributed by atoms with Crippen LogP contribution < -0.4 is 5.73 Å². The molecule has 0 heterocycles. The Balaban J connectivity index is 2.51. The Kier molecular flexibility index (Phi) is 2.93. The first-order valence-corrected chi connectivity index (χ1v) is 4.43. The molecular formula is C7H12F3NS. The highest BCUT2D eigenvalue weighted by Gasteiger charge is 2.43. The summed E-state index contributed by atoms with van der Waals surface area (Å²) in [6.07, 6.45) is -3.41. The molecule has 0 aromatic carbocycles. The van der Waals surface area contributed by atoms with Gasteiger partial charge in [-0.2, -0.15) is 25.8 Å². The molecule has 0 spiro atoms. The number of hydrogen-bond donors (Lipinski definition) is 2. The van der Waals surface area contributed by atoms with Crippen molar-refractivity contribution in [2.45, 2.75) is 36.7 Å². The molecule has 0 bridgehead atoms. The minimum atomic E-state index is -4.08. The molecule has 1 aliphatic rings. The van der Waals surface area contributed by atoms with Crippen molar-refractivity contribution >= 4 is 12.6 Å². The third-order valence-corrected chi connectivity index (χ3v) is 2.97. The molecule has 12 heavy (non-hydrogen) atoms. The fourth-order valence-corrected chi connectivity index (χ4v) is 1.76. The van der Waals surface area contributed by atoms with Crippen LogP contribution in [0, 0.1) is 5.92 Å². The van der Waals surface area contributed by atoms with Crippen LogP contribution in [-0.2, 0) is 0 Å². The van der Waals surface area contributed by atoms with Gasteiger partial charge in [-0.15, -0.1) is 0 Å². The molecule has 1 aliphatic carbocycles. The van der Waals surface area contributed by atoms with Crippen LogP contribution >= 0.6 is 12.6 Å². The number of thiol groups is 1. The summed E-state index contributed by atoms with van der Waals surface area (Å²) in [6.45, 7) is 0. The molecule has 0 radical (unpaired) electrons. The van der Waals surface area contributed by atoms with Gasteiger partial charge in [0.2, 0.25) is 0 Å². The van der Waals surface area contributed by atoms with E-state index in [1.165, 1.54) is 0 Å². The molecule has 0 aromatic rings. The van der Waals surface area contributed by atoms with Crippen molar-refractivity contribution in [2.75, 3.05) is 0 Å². The van der Waals surface area contributed by atoms with E-state index in [0.29, 0.717) is 6.42 Å². The smallest absolute Gasteiger partial charge is 0.327 e. The summed E-state index contributed by atoms with van der Waals surface area (Å²) in [6, 6.07) is -0.409. The summed E-state index contributed by atoms with van der Waals surface area (Å²) < 4.78 is 36.5. The average Bonchev–Trinajstić information content (AvgIpc) is 1.92. The van der Waals surface area contributed by atoms with E-state index in [9.17, 15) is 13.2 Å². The molecule has 2 N–H and O–H groups in total. The van der Waals surface area contributed by atoms with Crippen LogP contribution in [0.15, 0.2) is 0 Å². The molecule has 0 saturated heterocycles. The summed E-state index contributed by atoms with van der Waals surface area (Å²) >= 11 is 4.10. The summed E-state index contributed by atoms with van der Waals surface area (Å²) in [4.78, 5) is 0. The topological polar surface area (TPSA) is 26.0 Å². The predicted octanol–water partition coefficient (Wildman–Crippen LogP) is 1.97. The maximum absolute atomic E-state index is 12.2. The lowest BCUT2D eigenvalue weighted by atomic mass is 9.85. The molecule has 0 aromatic heterocycles. The predicted molar refractivity (Wildman–Crippen MR) is 44.1 cm³/mol. The Morgan fingerprint density at radius 1 is 1.25 bits per heavy atom. The third kappa shape index (κ3) is 2.29. The van der Waals surface area contributed by atoms with Crippen LogP contribution in [0.5, 0.6) is 0 Å². The van der Waals surface area contributed by atoms with E-state index in [2.05, 4.69) is 12.6 Å². The van der Waals surface area contributed by atoms with Crippen molar-refractivity contribution in [2.24, 2.45) is 11.7 Å². The lowest BCUT2D eigenvalue weighted by Gasteiger charge is -2.32. The van der Waals surface area contributed by atoms with Crippen molar-refractivity contribution in [3.8, 4) is 0 Å². The number of rotatable bonds is 0. The molecule has 1 rings (SSSR count). The van der Waals surface area contributed by atoms with E-state index < -0.39 is 18.1 Å². The maximum atomic E-state index is 12.2. The largest absolute Gasteiger partial charge is 0.391 e. The van der Waals surface area contributed by atoms with E-state index >= 15 is 0 Å². The van der Waals surface area contributed by atoms with Gasteiger partial charge < -0.3 is 5.73 Å². The fourth-order valence-electron chi connectivity index (χ4n) is 1.49. The van der Waals surface area contributed by atoms with Crippen molar-refractivity contribution in [1.29, 1.82) is 0 Å². The molecule has 1 saturated carbocycles. The normalized spacial score (nSPS) is 38.2. The molecule has 1 nitrogen and oxygen atoms in total. The Labute approximate surface area is 74.9 Å². The Hall–Kier alpha value is 0.100. The van der Waals surface area contributed by atoms with Crippen molar-refractivity contribution < 1.29 is 13.2 Å². The Morgan fingerprint density at radius 3 is 2.25 bits per heavy atom. The second-order valence-electron chi connectivity index (χ2n) is 3.28. The summed E-state index contributed by atoms with van der Waals surface area (Å²) in [5.41, 5.74) is 5.49. The Bertz CT molecular complexity index is 159. The third-order valence-electron chi connectivity index (χ3n) is 2.32. The van der Waals surface area contributed by atoms with Gasteiger partial charge in [-0.1, -0.05) is 0 Å². The van der Waals surface area contributed by atoms with E-state index in [0.717, 1.165) is 0 Å². The highest BCUT2D eigenvalue weighted by molar-refractivity contribution is 7.81. The van der Waals surface area contributed by atoms with Crippen molar-refractivity contribution in [3.63, 3.8) is 0 Å². The first-order chi connectivity index (χ1) is 5.41. The van der Waals surface area contributed by atoms with Crippen LogP contribution in [0.1, 0.15) is 19.3 Å². The van der Waals surface area contributed by atoms with Gasteiger partial charge in [-0.25, -0.2) is 0 Å². The lowest BCUT2D eigenvalue weighted by molar-refractivity contribution is -0.182. The standard InChI is InChI=1S/C7H12F3NS/c8-7(9,10)4-1-2-6(12)5(11)3-4/h4-6,12H,1-3,11H2. The van der Waals surface area contributed by atoms with Gasteiger partial charge in [0, 0.05) is 11.3 Å². The molecule has 5 heteroatoms. The van der Waals surface area contributed by atoms with Gasteiger partial charge in [0.05, 0.1) is 5.92 Å². The second-order valence-corrected chi connectivity index (χ2v) is 3.95. The Morgan fingerprint density at radius 2 is 1.83 bits per heavy atom. The number of hydrogen-bond acceptors (Lipinski definition) is 2. The SMILES string of the molecule is NC1CC(C(F)(F)F)CCC1S. The van der Waals surface area contributed by atoms with Crippen molar-refractivity contribution in [3.05, 3.63) is 0 Å². The molecule has 1 fully saturated rings. The fraction of sp³-hybridized carbons (Fsp3) is 1.00. The molecule has 3 atom stereocenters.